The van der Waals surface area contributed by atoms with Gasteiger partial charge < -0.3 is 15.0 Å². The second kappa shape index (κ2) is 5.84. The number of aryl methyl sites for hydroxylation is 1. The van der Waals surface area contributed by atoms with Crippen molar-refractivity contribution in [3.63, 3.8) is 0 Å². The van der Waals surface area contributed by atoms with E-state index in [1.54, 1.807) is 0 Å². The first kappa shape index (κ1) is 13.5. The molecule has 2 N–H and O–H groups in total. The van der Waals surface area contributed by atoms with Gasteiger partial charge in [0.2, 0.25) is 11.7 Å². The monoisotopic (exact) mass is 261 g/mol. The van der Waals surface area contributed by atoms with E-state index in [9.17, 15) is 0 Å². The first-order valence-corrected chi connectivity index (χ1v) is 6.31. The number of nitrogens with zero attached hydrogens (tertiary/aromatic N) is 2. The Bertz CT molecular complexity index is 503. The second-order valence-electron chi connectivity index (χ2n) is 5.19. The maximum absolute atomic E-state index is 5.91. The minimum atomic E-state index is -0.227. The molecule has 0 spiro atoms. The lowest BCUT2D eigenvalue weighted by molar-refractivity contribution is 0.284. The first-order valence-electron chi connectivity index (χ1n) is 6.31. The quantitative estimate of drug-likeness (QED) is 0.863. The Hall–Kier alpha value is -1.88. The van der Waals surface area contributed by atoms with Crippen molar-refractivity contribution in [2.24, 2.45) is 5.73 Å². The summed E-state index contributed by atoms with van der Waals surface area (Å²) < 4.78 is 10.7. The zero-order valence-electron chi connectivity index (χ0n) is 11.3. The standard InChI is InChI=1S/C14H19N3O2/c1-14(2,15)9-8-13-16-12(17-19-13)10-18-11-6-4-3-5-7-11/h3-7H,8-10,15H2,1-2H3. The fourth-order valence-electron chi connectivity index (χ4n) is 1.54. The summed E-state index contributed by atoms with van der Waals surface area (Å²) in [6, 6.07) is 9.55. The zero-order valence-corrected chi connectivity index (χ0v) is 11.3. The molecule has 0 unspecified atom stereocenters. The molecular weight excluding hydrogens is 242 g/mol. The molecule has 0 aliphatic heterocycles. The fraction of sp³-hybridized carbons (Fsp3) is 0.429. The molecule has 2 aromatic rings. The first-order chi connectivity index (χ1) is 9.03. The third-order valence-electron chi connectivity index (χ3n) is 2.60. The summed E-state index contributed by atoms with van der Waals surface area (Å²) >= 11 is 0. The Morgan fingerprint density at radius 1 is 1.26 bits per heavy atom. The van der Waals surface area contributed by atoms with Crippen molar-refractivity contribution in [1.82, 2.24) is 10.1 Å². The van der Waals surface area contributed by atoms with Crippen LogP contribution in [-0.4, -0.2) is 15.7 Å². The molecule has 0 bridgehead atoms. The molecule has 5 heteroatoms. The van der Waals surface area contributed by atoms with E-state index in [-0.39, 0.29) is 5.54 Å². The lowest BCUT2D eigenvalue weighted by Gasteiger charge is -2.16. The molecule has 1 aromatic heterocycles. The third kappa shape index (κ3) is 4.71. The number of hydrogen-bond donors (Lipinski definition) is 1. The smallest absolute Gasteiger partial charge is 0.226 e. The van der Waals surface area contributed by atoms with Gasteiger partial charge in [-0.1, -0.05) is 23.4 Å². The minimum Gasteiger partial charge on any atom is -0.485 e. The number of nitrogens with two attached hydrogens (primary N) is 1. The van der Waals surface area contributed by atoms with Gasteiger partial charge in [-0.05, 0) is 32.4 Å². The molecule has 0 saturated carbocycles. The van der Waals surface area contributed by atoms with Crippen LogP contribution in [-0.2, 0) is 13.0 Å². The van der Waals surface area contributed by atoms with Crippen LogP contribution in [0.15, 0.2) is 34.9 Å². The lowest BCUT2D eigenvalue weighted by atomic mass is 10.0. The van der Waals surface area contributed by atoms with E-state index in [1.807, 2.05) is 44.2 Å². The van der Waals surface area contributed by atoms with Gasteiger partial charge >= 0.3 is 0 Å². The van der Waals surface area contributed by atoms with Crippen LogP contribution in [0.4, 0.5) is 0 Å². The number of benzene rings is 1. The molecule has 0 fully saturated rings. The SMILES string of the molecule is CC(C)(N)CCc1nc(COc2ccccc2)no1. The topological polar surface area (TPSA) is 74.2 Å². The van der Waals surface area contributed by atoms with E-state index in [2.05, 4.69) is 10.1 Å². The van der Waals surface area contributed by atoms with Crippen molar-refractivity contribution < 1.29 is 9.26 Å². The van der Waals surface area contributed by atoms with Gasteiger partial charge in [-0.3, -0.25) is 0 Å². The van der Waals surface area contributed by atoms with Crippen LogP contribution in [0.2, 0.25) is 0 Å². The highest BCUT2D eigenvalue weighted by Gasteiger charge is 2.14. The summed E-state index contributed by atoms with van der Waals surface area (Å²) in [5.41, 5.74) is 5.68. The normalized spacial score (nSPS) is 11.5. The molecule has 0 radical (unpaired) electrons. The van der Waals surface area contributed by atoms with Crippen LogP contribution in [0.1, 0.15) is 32.0 Å². The third-order valence-corrected chi connectivity index (χ3v) is 2.60. The Balaban J connectivity index is 1.84. The Labute approximate surface area is 112 Å². The van der Waals surface area contributed by atoms with Crippen molar-refractivity contribution in [1.29, 1.82) is 0 Å². The molecule has 0 saturated heterocycles. The molecular formula is C14H19N3O2. The number of para-hydroxylation sites is 1. The van der Waals surface area contributed by atoms with Crippen LogP contribution >= 0.6 is 0 Å². The molecule has 0 aliphatic carbocycles. The van der Waals surface area contributed by atoms with Gasteiger partial charge in [-0.15, -0.1) is 0 Å². The van der Waals surface area contributed by atoms with E-state index in [4.69, 9.17) is 15.0 Å². The number of rotatable bonds is 6. The van der Waals surface area contributed by atoms with Crippen LogP contribution < -0.4 is 10.5 Å². The predicted octanol–water partition coefficient (Wildman–Crippen LogP) is 2.32. The van der Waals surface area contributed by atoms with E-state index < -0.39 is 0 Å². The Morgan fingerprint density at radius 3 is 2.68 bits per heavy atom. The van der Waals surface area contributed by atoms with Gasteiger partial charge in [0.1, 0.15) is 5.75 Å². The maximum Gasteiger partial charge on any atom is 0.226 e. The van der Waals surface area contributed by atoms with Gasteiger partial charge in [0.15, 0.2) is 6.61 Å². The predicted molar refractivity (Wildman–Crippen MR) is 71.7 cm³/mol. The Morgan fingerprint density at radius 2 is 2.00 bits per heavy atom. The number of hydrogen-bond acceptors (Lipinski definition) is 5. The summed E-state index contributed by atoms with van der Waals surface area (Å²) in [6.07, 6.45) is 1.48. The average Bonchev–Trinajstić information content (AvgIpc) is 2.82. The fourth-order valence-corrected chi connectivity index (χ4v) is 1.54. The molecule has 19 heavy (non-hydrogen) atoms. The van der Waals surface area contributed by atoms with Crippen LogP contribution in [0.3, 0.4) is 0 Å². The van der Waals surface area contributed by atoms with E-state index in [0.717, 1.165) is 12.2 Å². The highest BCUT2D eigenvalue weighted by atomic mass is 16.5. The molecule has 0 amide bonds. The molecule has 0 atom stereocenters. The highest BCUT2D eigenvalue weighted by Crippen LogP contribution is 2.12. The number of aromatic nitrogens is 2. The van der Waals surface area contributed by atoms with E-state index in [0.29, 0.717) is 24.7 Å². The van der Waals surface area contributed by atoms with Crippen molar-refractivity contribution in [3.8, 4) is 5.75 Å². The van der Waals surface area contributed by atoms with Crippen molar-refractivity contribution in [2.45, 2.75) is 38.8 Å². The van der Waals surface area contributed by atoms with Crippen molar-refractivity contribution in [3.05, 3.63) is 42.0 Å². The van der Waals surface area contributed by atoms with Gasteiger partial charge in [0.05, 0.1) is 0 Å². The minimum absolute atomic E-state index is 0.227. The van der Waals surface area contributed by atoms with Gasteiger partial charge in [-0.2, -0.15) is 4.98 Å². The molecule has 1 heterocycles. The van der Waals surface area contributed by atoms with Crippen LogP contribution in [0, 0.1) is 0 Å². The summed E-state index contributed by atoms with van der Waals surface area (Å²) in [6.45, 7) is 4.26. The Kier molecular flexibility index (Phi) is 4.16. The van der Waals surface area contributed by atoms with Gasteiger partial charge in [0.25, 0.3) is 0 Å². The van der Waals surface area contributed by atoms with E-state index in [1.165, 1.54) is 0 Å². The maximum atomic E-state index is 5.91. The van der Waals surface area contributed by atoms with Crippen LogP contribution in [0.25, 0.3) is 0 Å². The average molecular weight is 261 g/mol. The summed E-state index contributed by atoms with van der Waals surface area (Å²) in [5.74, 6) is 1.94. The van der Waals surface area contributed by atoms with E-state index >= 15 is 0 Å². The van der Waals surface area contributed by atoms with Gasteiger partial charge in [-0.25, -0.2) is 0 Å². The van der Waals surface area contributed by atoms with Crippen LogP contribution in [0.5, 0.6) is 5.75 Å². The largest absolute Gasteiger partial charge is 0.485 e. The second-order valence-corrected chi connectivity index (χ2v) is 5.19. The van der Waals surface area contributed by atoms with Gasteiger partial charge in [0, 0.05) is 12.0 Å². The molecule has 0 aliphatic rings. The summed E-state index contributed by atoms with van der Waals surface area (Å²) in [5, 5.41) is 3.88. The molecule has 5 nitrogen and oxygen atoms in total. The summed E-state index contributed by atoms with van der Waals surface area (Å²) in [7, 11) is 0. The van der Waals surface area contributed by atoms with Crippen molar-refractivity contribution >= 4 is 0 Å². The lowest BCUT2D eigenvalue weighted by Crippen LogP contribution is -2.32. The highest BCUT2D eigenvalue weighted by molar-refractivity contribution is 5.20. The molecule has 2 rings (SSSR count). The number of ether oxygens (including phenoxy) is 1. The summed E-state index contributed by atoms with van der Waals surface area (Å²) in [4.78, 5) is 4.27. The van der Waals surface area contributed by atoms with Crippen molar-refractivity contribution in [2.75, 3.05) is 0 Å². The zero-order chi connectivity index (χ0) is 13.7. The molecule has 102 valence electrons. The molecule has 1 aromatic carbocycles.